The van der Waals surface area contributed by atoms with Crippen molar-refractivity contribution in [3.05, 3.63) is 89.3 Å². The molecule has 0 radical (unpaired) electrons. The Hall–Kier alpha value is -4.64. The number of ether oxygens (including phenoxy) is 5. The van der Waals surface area contributed by atoms with E-state index in [9.17, 15) is 19.8 Å². The number of esters is 3. The van der Waals surface area contributed by atoms with E-state index in [0.29, 0.717) is 71.2 Å². The van der Waals surface area contributed by atoms with Crippen molar-refractivity contribution in [1.29, 1.82) is 0 Å². The molecule has 14 nitrogen and oxygen atoms in total. The molecule has 67 heavy (non-hydrogen) atoms. The fraction of sp³-hybridized carbons (Fsp3) is 0.558. The van der Waals surface area contributed by atoms with Gasteiger partial charge in [-0.2, -0.15) is 0 Å². The van der Waals surface area contributed by atoms with Crippen LogP contribution in [0, 0.1) is 22.7 Å². The molecule has 3 unspecified atom stereocenters. The lowest BCUT2D eigenvalue weighted by molar-refractivity contribution is -0.182. The molecule has 1 saturated carbocycles. The van der Waals surface area contributed by atoms with Crippen LogP contribution in [0.15, 0.2) is 87.8 Å². The summed E-state index contributed by atoms with van der Waals surface area (Å²) in [4.78, 5) is 56.0. The van der Waals surface area contributed by atoms with E-state index < -0.39 is 69.2 Å². The average Bonchev–Trinajstić information content (AvgIpc) is 3.57. The number of fused-ring (bicyclic) bond motifs is 6. The highest BCUT2D eigenvalue weighted by Gasteiger charge is 2.99. The van der Waals surface area contributed by atoms with Gasteiger partial charge in [0.1, 0.15) is 11.2 Å². The highest BCUT2D eigenvalue weighted by Crippen LogP contribution is 2.82. The maximum Gasteiger partial charge on any atom is 0.347 e. The third-order valence-electron chi connectivity index (χ3n) is 17.6. The zero-order chi connectivity index (χ0) is 47.1. The second-order valence-corrected chi connectivity index (χ2v) is 21.5. The van der Waals surface area contributed by atoms with Gasteiger partial charge in [0, 0.05) is 91.8 Å². The molecule has 356 valence electrons. The van der Waals surface area contributed by atoms with E-state index in [1.807, 2.05) is 38.2 Å². The van der Waals surface area contributed by atoms with Crippen LogP contribution in [-0.4, -0.2) is 144 Å². The van der Waals surface area contributed by atoms with Gasteiger partial charge in [-0.15, -0.1) is 0 Å². The number of para-hydroxylation sites is 1. The summed E-state index contributed by atoms with van der Waals surface area (Å²) in [5, 5.41) is 23.9. The number of carbonyl (C=O) groups excluding carboxylic acids is 3. The Morgan fingerprint density at radius 1 is 1.00 bits per heavy atom. The van der Waals surface area contributed by atoms with E-state index in [1.165, 1.54) is 32.9 Å². The Kier molecular flexibility index (Phi) is 10.3. The molecule has 15 heteroatoms. The maximum atomic E-state index is 15.7. The van der Waals surface area contributed by atoms with Crippen molar-refractivity contribution >= 4 is 40.6 Å². The normalized spacial score (nSPS) is 39.0. The number of aromatic hydroxyl groups is 1. The van der Waals surface area contributed by atoms with Gasteiger partial charge >= 0.3 is 17.9 Å². The van der Waals surface area contributed by atoms with Crippen LogP contribution >= 0.6 is 11.8 Å². The molecular formula is C52H62N4O10S. The van der Waals surface area contributed by atoms with Crippen LogP contribution in [0.4, 0.5) is 0 Å². The van der Waals surface area contributed by atoms with Crippen molar-refractivity contribution in [2.45, 2.75) is 110 Å². The molecule has 7 heterocycles. The first kappa shape index (κ1) is 44.8. The van der Waals surface area contributed by atoms with E-state index in [2.05, 4.69) is 63.0 Å². The molecule has 2 spiro atoms. The third-order valence-corrected chi connectivity index (χ3v) is 18.6. The van der Waals surface area contributed by atoms with E-state index in [4.69, 9.17) is 23.7 Å². The van der Waals surface area contributed by atoms with E-state index in [1.54, 1.807) is 13.2 Å². The first-order valence-electron chi connectivity index (χ1n) is 23.9. The Labute approximate surface area is 395 Å². The minimum atomic E-state index is -1.67. The molecule has 5 fully saturated rings. The van der Waals surface area contributed by atoms with Crippen LogP contribution in [0.1, 0.15) is 64.1 Å². The monoisotopic (exact) mass is 934 g/mol. The average molecular weight is 935 g/mol. The summed E-state index contributed by atoms with van der Waals surface area (Å²) in [6, 6.07) is 13.3. The van der Waals surface area contributed by atoms with Crippen molar-refractivity contribution < 1.29 is 48.3 Å². The smallest absolute Gasteiger partial charge is 0.347 e. The van der Waals surface area contributed by atoms with Gasteiger partial charge in [0.25, 0.3) is 5.60 Å². The number of methoxy groups -OCH3 is 3. The standard InChI is InChI=1S/C52H62N4O10S/c1-8-47(61)26-31-27-49(45(59)63-6,42-33(17-21-55(28-31)29-47)34-23-32(15-16-37(34)53-42)67-41-14-11-10-13-39(41)58)36-24-35-38(25-40(36)62-5)54(4)52-50(35)19-22-56-20-12-18-48(9-2,43(50)56)44(65-30(3)57)51(52,66-52)46(60)64-7/h10-16,18,23-25,31,36,40,43-44,53,58,61H,8-9,17,19-22,26-29H2,1-7H3/t31-,36?,40?,43+,44-,47+,48-,49+,50-,51+,52+/m1/s1. The zero-order valence-electron chi connectivity index (χ0n) is 39.4. The number of allylic oxidation sites excluding steroid dienone is 1. The summed E-state index contributed by atoms with van der Waals surface area (Å²) < 4.78 is 31.9. The Balaban J connectivity index is 1.16. The van der Waals surface area contributed by atoms with E-state index in [0.717, 1.165) is 43.2 Å². The number of nitrogens with zero attached hydrogens (tertiary/aromatic N) is 3. The number of H-pyrrole nitrogens is 1. The molecule has 2 bridgehead atoms. The number of aromatic nitrogens is 1. The molecular weight excluding hydrogens is 873 g/mol. The summed E-state index contributed by atoms with van der Waals surface area (Å²) in [5.74, 6) is -2.04. The number of epoxide rings is 1. The molecule has 12 atom stereocenters. The lowest BCUT2D eigenvalue weighted by Crippen LogP contribution is -2.73. The predicted molar refractivity (Wildman–Crippen MR) is 249 cm³/mol. The second kappa shape index (κ2) is 15.4. The molecule has 11 rings (SSSR count). The van der Waals surface area contributed by atoms with Crippen molar-refractivity contribution in [2.24, 2.45) is 22.7 Å². The highest BCUT2D eigenvalue weighted by molar-refractivity contribution is 7.99. The van der Waals surface area contributed by atoms with Crippen molar-refractivity contribution in [3.8, 4) is 5.75 Å². The third kappa shape index (κ3) is 5.72. The molecule has 8 aliphatic rings. The topological polar surface area (TPSA) is 167 Å². The summed E-state index contributed by atoms with van der Waals surface area (Å²) in [7, 11) is 6.45. The number of carbonyl (C=O) groups is 3. The molecule has 1 aromatic heterocycles. The van der Waals surface area contributed by atoms with Crippen LogP contribution in [0.3, 0.4) is 0 Å². The summed E-state index contributed by atoms with van der Waals surface area (Å²) in [5.41, 5.74) is -2.52. The van der Waals surface area contributed by atoms with Gasteiger partial charge in [0.05, 0.1) is 36.2 Å². The highest BCUT2D eigenvalue weighted by atomic mass is 32.2. The number of aromatic amines is 1. The van der Waals surface area contributed by atoms with Crippen LogP contribution < -0.4 is 0 Å². The van der Waals surface area contributed by atoms with Gasteiger partial charge in [-0.1, -0.05) is 56.0 Å². The molecule has 6 aliphatic heterocycles. The van der Waals surface area contributed by atoms with E-state index >= 15 is 4.79 Å². The molecule has 3 N–H and O–H groups in total. The van der Waals surface area contributed by atoms with Gasteiger partial charge < -0.3 is 43.8 Å². The van der Waals surface area contributed by atoms with Gasteiger partial charge in [-0.25, -0.2) is 4.79 Å². The molecule has 3 aromatic rings. The van der Waals surface area contributed by atoms with Gasteiger partial charge in [0.2, 0.25) is 0 Å². The number of phenolic OH excluding ortho intramolecular Hbond substituents is 1. The van der Waals surface area contributed by atoms with Gasteiger partial charge in [0.15, 0.2) is 11.8 Å². The number of hydrogen-bond donors (Lipinski definition) is 3. The number of aliphatic hydroxyl groups is 1. The van der Waals surface area contributed by atoms with Crippen LogP contribution in [-0.2, 0) is 49.9 Å². The summed E-state index contributed by atoms with van der Waals surface area (Å²) in [6.45, 7) is 8.79. The number of likely N-dealkylation sites (N-methyl/N-ethyl adjacent to an activating group) is 1. The Morgan fingerprint density at radius 2 is 1.79 bits per heavy atom. The van der Waals surface area contributed by atoms with Crippen molar-refractivity contribution in [1.82, 2.24) is 19.7 Å². The number of phenols is 1. The summed E-state index contributed by atoms with van der Waals surface area (Å²) in [6.07, 6.45) is 10.2. The Morgan fingerprint density at radius 3 is 2.51 bits per heavy atom. The lowest BCUT2D eigenvalue weighted by Gasteiger charge is -2.58. The lowest BCUT2D eigenvalue weighted by atomic mass is 9.48. The fourth-order valence-electron chi connectivity index (χ4n) is 15.1. The van der Waals surface area contributed by atoms with Crippen LogP contribution in [0.5, 0.6) is 5.75 Å². The van der Waals surface area contributed by atoms with Crippen molar-refractivity contribution in [3.63, 3.8) is 0 Å². The van der Waals surface area contributed by atoms with E-state index in [-0.39, 0.29) is 17.7 Å². The first-order chi connectivity index (χ1) is 32.2. The number of nitrogens with one attached hydrogen (secondary N) is 1. The molecule has 2 aliphatic carbocycles. The van der Waals surface area contributed by atoms with Crippen LogP contribution in [0.2, 0.25) is 0 Å². The second-order valence-electron chi connectivity index (χ2n) is 20.4. The maximum absolute atomic E-state index is 15.7. The number of benzene rings is 2. The van der Waals surface area contributed by atoms with Crippen molar-refractivity contribution in [2.75, 3.05) is 61.1 Å². The predicted octanol–water partition coefficient (Wildman–Crippen LogP) is 5.86. The molecule has 4 saturated heterocycles. The molecule has 2 aromatic carbocycles. The number of piperidine rings is 1. The quantitative estimate of drug-likeness (QED) is 0.101. The minimum absolute atomic E-state index is 0.101. The SMILES string of the molecule is CC[C@]1(O)C[C@H]2CN(CCc3c([nH]c4ccc(Sc5ccccc5O)cc34)[C@@](C(=O)OC)(C3C=C4C(=CC3OC)N(C)[C@@]35O[C@]3(C(=O)OC)[C@H](OC(C)=O)[C@]3(CC)C=CCN6CC[C@]45[C@@H]63)C2)C1. The largest absolute Gasteiger partial charge is 0.507 e. The number of rotatable bonds is 9. The fourth-order valence-corrected chi connectivity index (χ4v) is 16.0. The minimum Gasteiger partial charge on any atom is -0.507 e. The number of hydrogen-bond acceptors (Lipinski definition) is 14. The van der Waals surface area contributed by atoms with Gasteiger partial charge in [-0.3, -0.25) is 19.4 Å². The Bertz CT molecular complexity index is 2680. The number of likely N-dealkylation sites (tertiary alicyclic amines) is 1. The molecule has 0 amide bonds. The van der Waals surface area contributed by atoms with Crippen LogP contribution in [0.25, 0.3) is 10.9 Å². The summed E-state index contributed by atoms with van der Waals surface area (Å²) >= 11 is 1.48. The first-order valence-corrected chi connectivity index (χ1v) is 24.7. The van der Waals surface area contributed by atoms with Gasteiger partial charge in [-0.05, 0) is 98.5 Å². The zero-order valence-corrected chi connectivity index (χ0v) is 40.2.